The van der Waals surface area contributed by atoms with Crippen molar-refractivity contribution in [3.8, 4) is 0 Å². The molecule has 6 nitrogen and oxygen atoms in total. The highest BCUT2D eigenvalue weighted by molar-refractivity contribution is 14.0. The molecular formula is C16H33IN6. The zero-order chi connectivity index (χ0) is 16.5. The van der Waals surface area contributed by atoms with Crippen molar-refractivity contribution in [1.82, 2.24) is 25.3 Å². The van der Waals surface area contributed by atoms with Crippen LogP contribution >= 0.6 is 24.0 Å². The van der Waals surface area contributed by atoms with Crippen LogP contribution in [-0.4, -0.2) is 59.4 Å². The summed E-state index contributed by atoms with van der Waals surface area (Å²) in [6.07, 6.45) is 4.89. The molecule has 0 saturated heterocycles. The van der Waals surface area contributed by atoms with Crippen molar-refractivity contribution in [2.24, 2.45) is 12.0 Å². The van der Waals surface area contributed by atoms with Gasteiger partial charge in [0, 0.05) is 52.0 Å². The summed E-state index contributed by atoms with van der Waals surface area (Å²) in [6, 6.07) is 1.12. The molecule has 0 saturated carbocycles. The van der Waals surface area contributed by atoms with Gasteiger partial charge in [-0.05, 0) is 39.7 Å². The Morgan fingerprint density at radius 3 is 2.30 bits per heavy atom. The zero-order valence-electron chi connectivity index (χ0n) is 15.3. The van der Waals surface area contributed by atoms with Crippen molar-refractivity contribution in [3.63, 3.8) is 0 Å². The summed E-state index contributed by atoms with van der Waals surface area (Å²) >= 11 is 0. The van der Waals surface area contributed by atoms with Gasteiger partial charge in [0.1, 0.15) is 0 Å². The Balaban J connectivity index is 0.00000484. The van der Waals surface area contributed by atoms with E-state index in [-0.39, 0.29) is 24.0 Å². The van der Waals surface area contributed by atoms with E-state index in [0.29, 0.717) is 12.1 Å². The molecule has 23 heavy (non-hydrogen) atoms. The van der Waals surface area contributed by atoms with Crippen molar-refractivity contribution in [2.45, 2.75) is 46.2 Å². The van der Waals surface area contributed by atoms with Crippen LogP contribution in [0.3, 0.4) is 0 Å². The molecule has 1 heterocycles. The quantitative estimate of drug-likeness (QED) is 0.371. The standard InChI is InChI=1S/C16H32N6.HI/c1-13(2)22(14(3)4)10-9-19-16(17-5)18-8-7-15-11-20-21(6)12-15;/h11-14H,7-10H2,1-6H3,(H2,17,18,19);1H. The Morgan fingerprint density at radius 2 is 1.83 bits per heavy atom. The summed E-state index contributed by atoms with van der Waals surface area (Å²) in [6.45, 7) is 11.7. The topological polar surface area (TPSA) is 57.5 Å². The van der Waals surface area contributed by atoms with Gasteiger partial charge in [-0.15, -0.1) is 24.0 Å². The molecular weight excluding hydrogens is 403 g/mol. The monoisotopic (exact) mass is 436 g/mol. The smallest absolute Gasteiger partial charge is 0.191 e. The molecule has 0 fully saturated rings. The van der Waals surface area contributed by atoms with Gasteiger partial charge >= 0.3 is 0 Å². The maximum Gasteiger partial charge on any atom is 0.191 e. The maximum atomic E-state index is 4.27. The van der Waals surface area contributed by atoms with Gasteiger partial charge in [-0.25, -0.2) is 0 Å². The van der Waals surface area contributed by atoms with E-state index in [1.54, 1.807) is 0 Å². The first-order chi connectivity index (χ1) is 10.4. The van der Waals surface area contributed by atoms with Gasteiger partial charge in [0.15, 0.2) is 5.96 Å². The number of rotatable bonds is 8. The molecule has 2 N–H and O–H groups in total. The molecule has 0 aliphatic rings. The van der Waals surface area contributed by atoms with Gasteiger partial charge in [0.2, 0.25) is 0 Å². The van der Waals surface area contributed by atoms with Crippen LogP contribution in [-0.2, 0) is 13.5 Å². The minimum Gasteiger partial charge on any atom is -0.356 e. The molecule has 1 aromatic heterocycles. The second-order valence-corrected chi connectivity index (χ2v) is 6.12. The molecule has 0 bridgehead atoms. The van der Waals surface area contributed by atoms with Crippen LogP contribution < -0.4 is 10.6 Å². The molecule has 0 aliphatic carbocycles. The van der Waals surface area contributed by atoms with Crippen molar-refractivity contribution in [3.05, 3.63) is 18.0 Å². The SMILES string of the molecule is CN=C(NCCc1cnn(C)c1)NCCN(C(C)C)C(C)C.I. The van der Waals surface area contributed by atoms with Crippen LogP contribution in [0.15, 0.2) is 17.4 Å². The number of guanidine groups is 1. The lowest BCUT2D eigenvalue weighted by Crippen LogP contribution is -2.45. The van der Waals surface area contributed by atoms with Gasteiger partial charge in [0.25, 0.3) is 0 Å². The molecule has 0 aromatic carbocycles. The second kappa shape index (κ2) is 11.7. The summed E-state index contributed by atoms with van der Waals surface area (Å²) in [5, 5.41) is 10.9. The molecule has 134 valence electrons. The minimum absolute atomic E-state index is 0. The van der Waals surface area contributed by atoms with E-state index in [2.05, 4.69) is 53.3 Å². The van der Waals surface area contributed by atoms with Crippen LogP contribution in [0.2, 0.25) is 0 Å². The summed E-state index contributed by atoms with van der Waals surface area (Å²) in [7, 11) is 3.74. The highest BCUT2D eigenvalue weighted by Gasteiger charge is 2.12. The minimum atomic E-state index is 0. The number of aromatic nitrogens is 2. The van der Waals surface area contributed by atoms with Crippen molar-refractivity contribution in [1.29, 1.82) is 0 Å². The predicted molar refractivity (Wildman–Crippen MR) is 109 cm³/mol. The molecule has 1 rings (SSSR count). The molecule has 0 unspecified atom stereocenters. The van der Waals surface area contributed by atoms with Crippen molar-refractivity contribution in [2.75, 3.05) is 26.7 Å². The number of nitrogens with one attached hydrogen (secondary N) is 2. The molecule has 0 spiro atoms. The number of hydrogen-bond donors (Lipinski definition) is 2. The Labute approximate surface area is 158 Å². The number of nitrogens with zero attached hydrogens (tertiary/aromatic N) is 4. The maximum absolute atomic E-state index is 4.27. The van der Waals surface area contributed by atoms with Crippen LogP contribution in [0.1, 0.15) is 33.3 Å². The lowest BCUT2D eigenvalue weighted by atomic mass is 10.2. The fourth-order valence-electron chi connectivity index (χ4n) is 2.56. The average Bonchev–Trinajstić information content (AvgIpc) is 2.86. The third-order valence-corrected chi connectivity index (χ3v) is 3.68. The van der Waals surface area contributed by atoms with Gasteiger partial charge in [0.05, 0.1) is 6.20 Å². The Hall–Kier alpha value is -0.830. The molecule has 0 atom stereocenters. The van der Waals surface area contributed by atoms with Gasteiger partial charge in [-0.3, -0.25) is 14.6 Å². The van der Waals surface area contributed by atoms with E-state index in [9.17, 15) is 0 Å². The molecule has 0 amide bonds. The van der Waals surface area contributed by atoms with Crippen LogP contribution in [0.4, 0.5) is 0 Å². The molecule has 7 heteroatoms. The van der Waals surface area contributed by atoms with E-state index in [4.69, 9.17) is 0 Å². The predicted octanol–water partition coefficient (Wildman–Crippen LogP) is 1.86. The van der Waals surface area contributed by atoms with E-state index in [1.165, 1.54) is 5.56 Å². The van der Waals surface area contributed by atoms with Crippen LogP contribution in [0.25, 0.3) is 0 Å². The fraction of sp³-hybridized carbons (Fsp3) is 0.750. The number of aryl methyl sites for hydroxylation is 1. The second-order valence-electron chi connectivity index (χ2n) is 6.12. The Bertz CT molecular complexity index is 447. The van der Waals surface area contributed by atoms with Gasteiger partial charge < -0.3 is 10.6 Å². The lowest BCUT2D eigenvalue weighted by molar-refractivity contribution is 0.178. The zero-order valence-corrected chi connectivity index (χ0v) is 17.7. The first kappa shape index (κ1) is 22.2. The molecule has 0 aliphatic heterocycles. The normalized spacial score (nSPS) is 12.0. The average molecular weight is 436 g/mol. The summed E-state index contributed by atoms with van der Waals surface area (Å²) < 4.78 is 1.83. The molecule has 1 aromatic rings. The number of hydrogen-bond acceptors (Lipinski definition) is 3. The van der Waals surface area contributed by atoms with Gasteiger partial charge in [-0.1, -0.05) is 0 Å². The first-order valence-corrected chi connectivity index (χ1v) is 8.11. The van der Waals surface area contributed by atoms with Crippen molar-refractivity contribution >= 4 is 29.9 Å². The fourth-order valence-corrected chi connectivity index (χ4v) is 2.56. The Kier molecular flexibility index (Phi) is 11.2. The third kappa shape index (κ3) is 8.55. The largest absolute Gasteiger partial charge is 0.356 e. The highest BCUT2D eigenvalue weighted by Crippen LogP contribution is 2.03. The Morgan fingerprint density at radius 1 is 1.22 bits per heavy atom. The number of halogens is 1. The van der Waals surface area contributed by atoms with E-state index in [0.717, 1.165) is 32.0 Å². The molecule has 0 radical (unpaired) electrons. The van der Waals surface area contributed by atoms with E-state index in [1.807, 2.05) is 31.2 Å². The lowest BCUT2D eigenvalue weighted by Gasteiger charge is -2.30. The number of aliphatic imine (C=N–C) groups is 1. The van der Waals surface area contributed by atoms with E-state index >= 15 is 0 Å². The first-order valence-electron chi connectivity index (χ1n) is 8.11. The highest BCUT2D eigenvalue weighted by atomic mass is 127. The summed E-state index contributed by atoms with van der Waals surface area (Å²) in [5.74, 6) is 0.858. The summed E-state index contributed by atoms with van der Waals surface area (Å²) in [5.41, 5.74) is 1.23. The van der Waals surface area contributed by atoms with Crippen LogP contribution in [0, 0.1) is 0 Å². The third-order valence-electron chi connectivity index (χ3n) is 3.68. The van der Waals surface area contributed by atoms with Gasteiger partial charge in [-0.2, -0.15) is 5.10 Å². The van der Waals surface area contributed by atoms with Crippen LogP contribution in [0.5, 0.6) is 0 Å². The van der Waals surface area contributed by atoms with Crippen molar-refractivity contribution < 1.29 is 0 Å². The van der Waals surface area contributed by atoms with E-state index < -0.39 is 0 Å². The summed E-state index contributed by atoms with van der Waals surface area (Å²) in [4.78, 5) is 6.73.